The minimum absolute atomic E-state index is 0.109. The third-order valence-electron chi connectivity index (χ3n) is 5.76. The summed E-state index contributed by atoms with van der Waals surface area (Å²) in [4.78, 5) is 45.6. The van der Waals surface area contributed by atoms with E-state index in [4.69, 9.17) is 19.9 Å². The quantitative estimate of drug-likeness (QED) is 0.0771. The SMILES string of the molecule is COc1ccc(COC(CCNC(=O)NO)C(=O)Nc2ccccc2)cc1.O=C(CCCNC(=O)NO)Nc1ccccc1. The van der Waals surface area contributed by atoms with Crippen molar-refractivity contribution in [3.63, 3.8) is 0 Å². The first-order chi connectivity index (χ1) is 21.3. The molecule has 6 amide bonds. The molecule has 0 radical (unpaired) electrons. The summed E-state index contributed by atoms with van der Waals surface area (Å²) in [5.74, 6) is 0.305. The molecule has 14 heteroatoms. The lowest BCUT2D eigenvalue weighted by Crippen LogP contribution is -2.38. The van der Waals surface area contributed by atoms with Crippen LogP contribution in [0.15, 0.2) is 84.9 Å². The molecule has 0 saturated heterocycles. The first-order valence-corrected chi connectivity index (χ1v) is 13.7. The van der Waals surface area contributed by atoms with E-state index in [-0.39, 0.29) is 31.4 Å². The second-order valence-electron chi connectivity index (χ2n) is 9.04. The van der Waals surface area contributed by atoms with E-state index in [1.54, 1.807) is 31.4 Å². The number of hydrogen-bond donors (Lipinski definition) is 8. The number of methoxy groups -OCH3 is 1. The van der Waals surface area contributed by atoms with Crippen LogP contribution in [0.25, 0.3) is 0 Å². The van der Waals surface area contributed by atoms with Gasteiger partial charge in [0.25, 0.3) is 5.91 Å². The molecule has 236 valence electrons. The molecule has 14 nitrogen and oxygen atoms in total. The zero-order chi connectivity index (χ0) is 32.0. The first kappa shape index (κ1) is 35.0. The minimum Gasteiger partial charge on any atom is -0.497 e. The lowest BCUT2D eigenvalue weighted by atomic mass is 10.2. The lowest BCUT2D eigenvalue weighted by molar-refractivity contribution is -0.128. The third-order valence-corrected chi connectivity index (χ3v) is 5.76. The van der Waals surface area contributed by atoms with Crippen LogP contribution in [-0.4, -0.2) is 60.6 Å². The number of carbonyl (C=O) groups excluding carboxylic acids is 4. The highest BCUT2D eigenvalue weighted by Gasteiger charge is 2.20. The Bertz CT molecular complexity index is 1280. The van der Waals surface area contributed by atoms with Gasteiger partial charge >= 0.3 is 12.1 Å². The maximum atomic E-state index is 12.5. The number of hydrogen-bond acceptors (Lipinski definition) is 8. The van der Waals surface area contributed by atoms with Gasteiger partial charge in [0.15, 0.2) is 0 Å². The molecule has 3 aromatic rings. The number of amides is 6. The monoisotopic (exact) mass is 610 g/mol. The van der Waals surface area contributed by atoms with Crippen LogP contribution < -0.4 is 37.0 Å². The van der Waals surface area contributed by atoms with E-state index >= 15 is 0 Å². The van der Waals surface area contributed by atoms with Gasteiger partial charge in [-0.2, -0.15) is 0 Å². The van der Waals surface area contributed by atoms with Crippen molar-refractivity contribution in [2.45, 2.75) is 32.0 Å². The Labute approximate surface area is 255 Å². The van der Waals surface area contributed by atoms with E-state index in [0.29, 0.717) is 25.1 Å². The summed E-state index contributed by atoms with van der Waals surface area (Å²) in [6.07, 6.45) is 0.265. The van der Waals surface area contributed by atoms with Crippen LogP contribution in [0.2, 0.25) is 0 Å². The van der Waals surface area contributed by atoms with Gasteiger partial charge in [0.1, 0.15) is 11.9 Å². The Balaban J connectivity index is 0.000000342. The van der Waals surface area contributed by atoms with Crippen molar-refractivity contribution in [1.29, 1.82) is 0 Å². The second kappa shape index (κ2) is 20.7. The van der Waals surface area contributed by atoms with E-state index in [2.05, 4.69) is 21.3 Å². The molecular formula is C30H38N6O8. The molecular weight excluding hydrogens is 572 g/mol. The summed E-state index contributed by atoms with van der Waals surface area (Å²) >= 11 is 0. The average Bonchev–Trinajstić information content (AvgIpc) is 3.05. The molecule has 1 atom stereocenters. The molecule has 0 bridgehead atoms. The van der Waals surface area contributed by atoms with Crippen molar-refractivity contribution in [2.24, 2.45) is 0 Å². The van der Waals surface area contributed by atoms with Crippen molar-refractivity contribution >= 4 is 35.3 Å². The third kappa shape index (κ3) is 14.6. The number of ether oxygens (including phenoxy) is 2. The number of nitrogens with one attached hydrogen (secondary N) is 6. The van der Waals surface area contributed by atoms with Crippen LogP contribution in [0.1, 0.15) is 24.8 Å². The summed E-state index contributed by atoms with van der Waals surface area (Å²) in [5.41, 5.74) is 5.20. The van der Waals surface area contributed by atoms with Gasteiger partial charge in [-0.1, -0.05) is 48.5 Å². The standard InChI is InChI=1S/C19H23N3O5.C11H15N3O3/c1-26-16-9-7-14(8-10-16)13-27-17(11-12-20-19(24)22-25)18(23)21-15-5-3-2-4-6-15;15-10(7-4-8-12-11(16)14-17)13-9-5-2-1-3-6-9/h2-10,17,25H,11-13H2,1H3,(H,21,23)(H2,20,22,24);1-3,5-6,17H,4,7-8H2,(H,13,15)(H2,12,14,16). The molecule has 0 aliphatic heterocycles. The molecule has 1 unspecified atom stereocenters. The van der Waals surface area contributed by atoms with Crippen LogP contribution in [0, 0.1) is 0 Å². The lowest BCUT2D eigenvalue weighted by Gasteiger charge is -2.18. The number of anilines is 2. The van der Waals surface area contributed by atoms with Gasteiger partial charge in [0, 0.05) is 37.3 Å². The van der Waals surface area contributed by atoms with Gasteiger partial charge in [-0.3, -0.25) is 20.0 Å². The van der Waals surface area contributed by atoms with Crippen LogP contribution in [-0.2, 0) is 20.9 Å². The topological polar surface area (TPSA) is 199 Å². The molecule has 0 aliphatic carbocycles. The Hall–Kier alpha value is -5.18. The van der Waals surface area contributed by atoms with Crippen molar-refractivity contribution < 1.29 is 39.1 Å². The minimum atomic E-state index is -0.786. The molecule has 0 heterocycles. The highest BCUT2D eigenvalue weighted by Crippen LogP contribution is 2.14. The fourth-order valence-corrected chi connectivity index (χ4v) is 3.54. The van der Waals surface area contributed by atoms with Gasteiger partial charge in [-0.05, 0) is 48.4 Å². The van der Waals surface area contributed by atoms with E-state index in [0.717, 1.165) is 17.0 Å². The number of hydroxylamine groups is 2. The Morgan fingerprint density at radius 3 is 1.82 bits per heavy atom. The molecule has 0 aromatic heterocycles. The smallest absolute Gasteiger partial charge is 0.338 e. The summed E-state index contributed by atoms with van der Waals surface area (Å²) < 4.78 is 10.9. The first-order valence-electron chi connectivity index (χ1n) is 13.7. The Morgan fingerprint density at radius 1 is 0.727 bits per heavy atom. The largest absolute Gasteiger partial charge is 0.497 e. The fourth-order valence-electron chi connectivity index (χ4n) is 3.54. The van der Waals surface area contributed by atoms with Gasteiger partial charge < -0.3 is 30.7 Å². The van der Waals surface area contributed by atoms with Crippen LogP contribution in [0.5, 0.6) is 5.75 Å². The number of carbonyl (C=O) groups is 4. The number of rotatable bonds is 14. The summed E-state index contributed by atoms with van der Waals surface area (Å²) in [7, 11) is 1.59. The van der Waals surface area contributed by atoms with E-state index in [1.165, 1.54) is 11.0 Å². The van der Waals surface area contributed by atoms with Crippen LogP contribution in [0.4, 0.5) is 21.0 Å². The molecule has 44 heavy (non-hydrogen) atoms. The maximum Gasteiger partial charge on any atom is 0.338 e. The average molecular weight is 611 g/mol. The fraction of sp³-hybridized carbons (Fsp3) is 0.267. The molecule has 3 aromatic carbocycles. The summed E-state index contributed by atoms with van der Waals surface area (Å²) in [5, 5.41) is 27.0. The van der Waals surface area contributed by atoms with Gasteiger partial charge in [0.05, 0.1) is 13.7 Å². The van der Waals surface area contributed by atoms with Crippen LogP contribution in [0.3, 0.4) is 0 Å². The Morgan fingerprint density at radius 2 is 1.27 bits per heavy atom. The van der Waals surface area contributed by atoms with Crippen molar-refractivity contribution in [3.05, 3.63) is 90.5 Å². The zero-order valence-electron chi connectivity index (χ0n) is 24.2. The van der Waals surface area contributed by atoms with E-state index in [9.17, 15) is 19.2 Å². The van der Waals surface area contributed by atoms with Gasteiger partial charge in [-0.25, -0.2) is 20.5 Å². The number of benzene rings is 3. The zero-order valence-corrected chi connectivity index (χ0v) is 24.2. The van der Waals surface area contributed by atoms with Crippen molar-refractivity contribution in [1.82, 2.24) is 21.6 Å². The Kier molecular flexibility index (Phi) is 16.4. The molecule has 0 aliphatic rings. The van der Waals surface area contributed by atoms with E-state index in [1.807, 2.05) is 60.7 Å². The highest BCUT2D eigenvalue weighted by molar-refractivity contribution is 5.94. The van der Waals surface area contributed by atoms with Crippen molar-refractivity contribution in [2.75, 3.05) is 30.8 Å². The van der Waals surface area contributed by atoms with Crippen LogP contribution >= 0.6 is 0 Å². The highest BCUT2D eigenvalue weighted by atomic mass is 16.5. The van der Waals surface area contributed by atoms with E-state index < -0.39 is 18.2 Å². The van der Waals surface area contributed by atoms with Gasteiger partial charge in [0.2, 0.25) is 5.91 Å². The van der Waals surface area contributed by atoms with Crippen molar-refractivity contribution in [3.8, 4) is 5.75 Å². The molecule has 8 N–H and O–H groups in total. The molecule has 0 saturated carbocycles. The maximum absolute atomic E-state index is 12.5. The predicted molar refractivity (Wildman–Crippen MR) is 162 cm³/mol. The molecule has 0 spiro atoms. The number of para-hydroxylation sites is 2. The second-order valence-corrected chi connectivity index (χ2v) is 9.04. The normalized spacial score (nSPS) is 10.6. The predicted octanol–water partition coefficient (Wildman–Crippen LogP) is 3.39. The molecule has 3 rings (SSSR count). The summed E-state index contributed by atoms with van der Waals surface area (Å²) in [6, 6.07) is 24.1. The van der Waals surface area contributed by atoms with Gasteiger partial charge in [-0.15, -0.1) is 0 Å². The number of urea groups is 2. The summed E-state index contributed by atoms with van der Waals surface area (Å²) in [6.45, 7) is 0.708. The molecule has 0 fully saturated rings.